The summed E-state index contributed by atoms with van der Waals surface area (Å²) in [6.07, 6.45) is -3.19. The van der Waals surface area contributed by atoms with Gasteiger partial charge in [-0.05, 0) is 125 Å². The number of carbonyl (C=O) groups is 5. The Morgan fingerprint density at radius 3 is 1.96 bits per heavy atom. The molecule has 1 aliphatic rings. The molecule has 2 aromatic carbocycles. The smallest absolute Gasteiger partial charge is 0.487 e. The summed E-state index contributed by atoms with van der Waals surface area (Å²) in [6, 6.07) is 8.49. The number of nitrogens with one attached hydrogen (secondary N) is 1. The predicted molar refractivity (Wildman–Crippen MR) is 252 cm³/mol. The number of amidine groups is 1. The topological polar surface area (TPSA) is 219 Å². The number of benzene rings is 2. The number of fused-ring (bicyclic) bond motifs is 1. The molecule has 2 amide bonds. The quantitative estimate of drug-likeness (QED) is 0.0497. The molecular formula is C48H73F3N4O12S. The van der Waals surface area contributed by atoms with Crippen LogP contribution in [0.5, 0.6) is 5.75 Å². The number of rotatable bonds is 17. The van der Waals surface area contributed by atoms with Crippen molar-refractivity contribution in [2.75, 3.05) is 20.2 Å². The molecule has 1 atom stereocenters. The summed E-state index contributed by atoms with van der Waals surface area (Å²) in [5, 5.41) is 2.68. The van der Waals surface area contributed by atoms with Crippen LogP contribution in [0.1, 0.15) is 142 Å². The van der Waals surface area contributed by atoms with E-state index in [1.165, 1.54) is 11.8 Å². The number of alkyl halides is 3. The maximum atomic E-state index is 13.5. The number of ether oxygens (including phenoxy) is 5. The second-order valence-corrected chi connectivity index (χ2v) is 20.3. The minimum Gasteiger partial charge on any atom is -0.487 e. The summed E-state index contributed by atoms with van der Waals surface area (Å²) in [5.74, 6) is -1.79. The standard InChI is InChI=1S/C37H54N4O8S.C7H14O2.C4H5F3O2/c1-24-25(2)33(26(3)28-22-37(7,8)48-32(24)28)50(45,46)40-31(38)20-14-13-18-29(39-34(43)49-36(4,5)6)30(42)19-15-21-41(9)35(44)47-23-27-16-11-10-12-17-27;1-5-6(8)9-7(2,3)4;1-2-9-3(8)4(5,6)7/h10-12,16-17,29H,13-15,18-23H2,1-9H3,(H2,38,40)(H,39,43);5H2,1-4H3;2H2,1H3/t29-;;/m0../s1. The SMILES string of the molecule is CCC(=O)OC(C)(C)C.CCOC(=O)C(F)(F)F.Cc1c(C)c(S(=O)(=O)N=C(N)CCCC[C@H](NC(=O)OC(C)(C)C)C(=O)CCCN(C)C(=O)OCc2ccccc2)c(C)c2c1OC(C)(C)C2. The van der Waals surface area contributed by atoms with Crippen molar-refractivity contribution in [1.82, 2.24) is 10.2 Å². The molecule has 3 N–H and O–H groups in total. The molecule has 0 fully saturated rings. The molecule has 0 bridgehead atoms. The number of Topliss-reactive ketones (excluding diaryl/α,β-unsaturated/α-hetero) is 1. The van der Waals surface area contributed by atoms with Gasteiger partial charge in [0.2, 0.25) is 0 Å². The van der Waals surface area contributed by atoms with E-state index in [4.69, 9.17) is 24.7 Å². The molecule has 1 heterocycles. The first kappa shape index (κ1) is 60.6. The van der Waals surface area contributed by atoms with Crippen molar-refractivity contribution < 1.29 is 69.2 Å². The highest BCUT2D eigenvalue weighted by molar-refractivity contribution is 7.90. The lowest BCUT2D eigenvalue weighted by atomic mass is 9.94. The Labute approximate surface area is 400 Å². The normalized spacial score (nSPS) is 13.8. The first-order valence-electron chi connectivity index (χ1n) is 22.4. The van der Waals surface area contributed by atoms with Crippen LogP contribution in [0.4, 0.5) is 22.8 Å². The average molecular weight is 987 g/mol. The van der Waals surface area contributed by atoms with Gasteiger partial charge in [0, 0.05) is 44.8 Å². The maximum Gasteiger partial charge on any atom is 0.490 e. The van der Waals surface area contributed by atoms with Crippen LogP contribution in [0.15, 0.2) is 39.6 Å². The molecule has 0 aliphatic carbocycles. The van der Waals surface area contributed by atoms with Crippen LogP contribution in [-0.2, 0) is 56.4 Å². The number of sulfonamides is 1. The van der Waals surface area contributed by atoms with Gasteiger partial charge in [-0.2, -0.15) is 21.6 Å². The van der Waals surface area contributed by atoms with Crippen molar-refractivity contribution in [2.24, 2.45) is 10.1 Å². The number of alkyl carbamates (subject to hydrolysis) is 1. The monoisotopic (exact) mass is 986 g/mol. The molecule has 16 nitrogen and oxygen atoms in total. The largest absolute Gasteiger partial charge is 0.490 e. The number of esters is 2. The Bertz CT molecular complexity index is 2170. The number of amides is 2. The lowest BCUT2D eigenvalue weighted by Crippen LogP contribution is -2.43. The molecule has 0 saturated carbocycles. The molecule has 384 valence electrons. The highest BCUT2D eigenvalue weighted by Gasteiger charge is 2.40. The van der Waals surface area contributed by atoms with Gasteiger partial charge in [0.15, 0.2) is 5.78 Å². The third kappa shape index (κ3) is 22.1. The molecule has 0 spiro atoms. The zero-order valence-corrected chi connectivity index (χ0v) is 43.0. The predicted octanol–water partition coefficient (Wildman–Crippen LogP) is 9.29. The summed E-state index contributed by atoms with van der Waals surface area (Å²) < 4.78 is 89.9. The number of unbranched alkanes of at least 4 members (excludes halogenated alkanes) is 1. The van der Waals surface area contributed by atoms with E-state index in [2.05, 4.69) is 14.5 Å². The van der Waals surface area contributed by atoms with Crippen LogP contribution in [-0.4, -0.2) is 98.3 Å². The van der Waals surface area contributed by atoms with E-state index in [0.717, 1.165) is 22.4 Å². The van der Waals surface area contributed by atoms with E-state index in [9.17, 15) is 45.6 Å². The first-order chi connectivity index (χ1) is 31.1. The van der Waals surface area contributed by atoms with Crippen LogP contribution >= 0.6 is 0 Å². The number of halogens is 3. The highest BCUT2D eigenvalue weighted by atomic mass is 32.2. The molecule has 0 unspecified atom stereocenters. The number of nitrogens with two attached hydrogens (primary N) is 1. The molecule has 1 aliphatic heterocycles. The first-order valence-corrected chi connectivity index (χ1v) is 23.9. The summed E-state index contributed by atoms with van der Waals surface area (Å²) >= 11 is 0. The highest BCUT2D eigenvalue weighted by Crippen LogP contribution is 2.44. The van der Waals surface area contributed by atoms with Gasteiger partial charge in [0.05, 0.1) is 17.5 Å². The van der Waals surface area contributed by atoms with Crippen molar-refractivity contribution >= 4 is 45.8 Å². The third-order valence-corrected chi connectivity index (χ3v) is 11.3. The fourth-order valence-electron chi connectivity index (χ4n) is 6.51. The molecule has 0 aromatic heterocycles. The van der Waals surface area contributed by atoms with Gasteiger partial charge in [-0.15, -0.1) is 4.40 Å². The summed E-state index contributed by atoms with van der Waals surface area (Å²) in [4.78, 5) is 60.1. The van der Waals surface area contributed by atoms with E-state index in [1.54, 1.807) is 48.6 Å². The maximum absolute atomic E-state index is 13.5. The molecule has 0 radical (unpaired) electrons. The minimum atomic E-state index is -4.85. The summed E-state index contributed by atoms with van der Waals surface area (Å²) in [7, 11) is -2.50. The van der Waals surface area contributed by atoms with Crippen molar-refractivity contribution in [1.29, 1.82) is 0 Å². The van der Waals surface area contributed by atoms with Crippen molar-refractivity contribution in [3.05, 3.63) is 58.1 Å². The lowest BCUT2D eigenvalue weighted by Gasteiger charge is -2.23. The van der Waals surface area contributed by atoms with E-state index < -0.39 is 51.6 Å². The number of ketones is 1. The Kier molecular flexibility index (Phi) is 23.5. The lowest BCUT2D eigenvalue weighted by molar-refractivity contribution is -0.199. The molecule has 68 heavy (non-hydrogen) atoms. The summed E-state index contributed by atoms with van der Waals surface area (Å²) in [5.41, 5.74) is 8.34. The Morgan fingerprint density at radius 2 is 1.46 bits per heavy atom. The van der Waals surface area contributed by atoms with Gasteiger partial charge < -0.3 is 39.6 Å². The summed E-state index contributed by atoms with van der Waals surface area (Å²) in [6.45, 7) is 23.4. The fourth-order valence-corrected chi connectivity index (χ4v) is 8.05. The third-order valence-electron chi connectivity index (χ3n) is 9.69. The Hall–Kier alpha value is -5.40. The average Bonchev–Trinajstić information content (AvgIpc) is 3.54. The molecule has 0 saturated heterocycles. The van der Waals surface area contributed by atoms with Gasteiger partial charge in [-0.3, -0.25) is 9.59 Å². The number of hydrogen-bond acceptors (Lipinski definition) is 12. The van der Waals surface area contributed by atoms with Gasteiger partial charge in [-0.25, -0.2) is 14.4 Å². The van der Waals surface area contributed by atoms with Crippen LogP contribution in [0, 0.1) is 20.8 Å². The number of hydrogen-bond donors (Lipinski definition) is 2. The molecule has 2 aromatic rings. The number of nitrogens with zero attached hydrogens (tertiary/aromatic N) is 2. The van der Waals surface area contributed by atoms with Crippen LogP contribution in [0.3, 0.4) is 0 Å². The second-order valence-electron chi connectivity index (χ2n) is 18.7. The fraction of sp³-hybridized carbons (Fsp3) is 0.625. The zero-order chi connectivity index (χ0) is 52.4. The van der Waals surface area contributed by atoms with Crippen LogP contribution in [0.25, 0.3) is 0 Å². The Morgan fingerprint density at radius 1 is 0.868 bits per heavy atom. The van der Waals surface area contributed by atoms with E-state index in [1.807, 2.05) is 71.9 Å². The zero-order valence-electron chi connectivity index (χ0n) is 42.2. The van der Waals surface area contributed by atoms with Crippen molar-refractivity contribution in [2.45, 2.75) is 182 Å². The van der Waals surface area contributed by atoms with Gasteiger partial charge >= 0.3 is 30.3 Å². The van der Waals surface area contributed by atoms with E-state index in [-0.39, 0.29) is 67.1 Å². The minimum absolute atomic E-state index is 0.0382. The van der Waals surface area contributed by atoms with Crippen molar-refractivity contribution in [3.8, 4) is 5.75 Å². The second kappa shape index (κ2) is 26.4. The van der Waals surface area contributed by atoms with E-state index in [0.29, 0.717) is 43.2 Å². The number of carbonyl (C=O) groups excluding carboxylic acids is 5. The van der Waals surface area contributed by atoms with Gasteiger partial charge in [0.25, 0.3) is 10.0 Å². The van der Waals surface area contributed by atoms with E-state index >= 15 is 0 Å². The molecule has 3 rings (SSSR count). The molecular weight excluding hydrogens is 914 g/mol. The van der Waals surface area contributed by atoms with Gasteiger partial charge in [-0.1, -0.05) is 43.7 Å². The van der Waals surface area contributed by atoms with Crippen LogP contribution < -0.4 is 15.8 Å². The molecule has 20 heteroatoms. The Balaban J connectivity index is 0.00000107. The van der Waals surface area contributed by atoms with Gasteiger partial charge in [0.1, 0.15) is 35.0 Å². The van der Waals surface area contributed by atoms with Crippen LogP contribution in [0.2, 0.25) is 0 Å². The van der Waals surface area contributed by atoms with Crippen molar-refractivity contribution in [3.63, 3.8) is 0 Å².